The van der Waals surface area contributed by atoms with Crippen molar-refractivity contribution in [1.29, 1.82) is 0 Å². The van der Waals surface area contributed by atoms with Gasteiger partial charge in [0.1, 0.15) is 11.7 Å². The smallest absolute Gasteiger partial charge is 0.169 e. The molecule has 14 heavy (non-hydrogen) atoms. The fourth-order valence-corrected chi connectivity index (χ4v) is 1.81. The van der Waals surface area contributed by atoms with Crippen LogP contribution in [0.1, 0.15) is 5.56 Å². The Balaban J connectivity index is 2.44. The van der Waals surface area contributed by atoms with E-state index in [1.54, 1.807) is 12.4 Å². The minimum Gasteiger partial charge on any atom is -0.624 e. The number of rotatable bonds is 0. The Bertz CT molecular complexity index is 534. The van der Waals surface area contributed by atoms with Gasteiger partial charge in [0.2, 0.25) is 0 Å². The molecule has 1 aromatic heterocycles. The SMILES string of the molecule is [O-][NH+]1C=Cc2ccc3cccnc3c21. The fraction of sp³-hybridized carbons (Fsp3) is 0. The second kappa shape index (κ2) is 2.64. The van der Waals surface area contributed by atoms with E-state index in [1.165, 1.54) is 0 Å². The van der Waals surface area contributed by atoms with Crippen LogP contribution in [-0.2, 0) is 0 Å². The minimum absolute atomic E-state index is 0.0595. The van der Waals surface area contributed by atoms with Crippen molar-refractivity contribution in [3.05, 3.63) is 47.4 Å². The van der Waals surface area contributed by atoms with Crippen LogP contribution in [0.25, 0.3) is 17.0 Å². The Morgan fingerprint density at radius 3 is 3.07 bits per heavy atom. The summed E-state index contributed by atoms with van der Waals surface area (Å²) >= 11 is 0. The summed E-state index contributed by atoms with van der Waals surface area (Å²) in [5.74, 6) is 0. The van der Waals surface area contributed by atoms with Crippen molar-refractivity contribution in [1.82, 2.24) is 4.98 Å². The fourth-order valence-electron chi connectivity index (χ4n) is 1.81. The maximum atomic E-state index is 11.6. The predicted octanol–water partition coefficient (Wildman–Crippen LogP) is 1.23. The number of aromatic nitrogens is 1. The maximum Gasteiger partial charge on any atom is 0.169 e. The van der Waals surface area contributed by atoms with E-state index in [0.717, 1.165) is 22.2 Å². The molecule has 0 bridgehead atoms. The topological polar surface area (TPSA) is 40.4 Å². The van der Waals surface area contributed by atoms with Gasteiger partial charge < -0.3 is 10.3 Å². The van der Waals surface area contributed by atoms with Gasteiger partial charge >= 0.3 is 0 Å². The lowest BCUT2D eigenvalue weighted by Gasteiger charge is -2.14. The molecule has 1 atom stereocenters. The molecule has 1 aromatic carbocycles. The van der Waals surface area contributed by atoms with Gasteiger partial charge in [-0.1, -0.05) is 12.1 Å². The van der Waals surface area contributed by atoms with Gasteiger partial charge in [-0.3, -0.25) is 0 Å². The van der Waals surface area contributed by atoms with Crippen LogP contribution in [0.3, 0.4) is 0 Å². The quantitative estimate of drug-likeness (QED) is 0.625. The largest absolute Gasteiger partial charge is 0.624 e. The van der Waals surface area contributed by atoms with Gasteiger partial charge in [0, 0.05) is 23.2 Å². The van der Waals surface area contributed by atoms with Crippen LogP contribution >= 0.6 is 0 Å². The highest BCUT2D eigenvalue weighted by Gasteiger charge is 2.17. The molecule has 0 fully saturated rings. The number of nitrogens with one attached hydrogen (secondary N) is 1. The molecule has 0 saturated heterocycles. The van der Waals surface area contributed by atoms with E-state index in [0.29, 0.717) is 0 Å². The number of hydroxylamine groups is 1. The van der Waals surface area contributed by atoms with Gasteiger partial charge in [-0.2, -0.15) is 0 Å². The van der Waals surface area contributed by atoms with Crippen LogP contribution in [0.2, 0.25) is 0 Å². The standard InChI is InChI=1S/C11H8N2O/c14-13-7-5-9-4-3-8-2-1-6-12-10(8)11(9)13/h1-7,13H. The van der Waals surface area contributed by atoms with Crippen molar-refractivity contribution in [2.24, 2.45) is 0 Å². The van der Waals surface area contributed by atoms with Crippen molar-refractivity contribution in [3.8, 4) is 0 Å². The van der Waals surface area contributed by atoms with Crippen LogP contribution in [0.5, 0.6) is 0 Å². The summed E-state index contributed by atoms with van der Waals surface area (Å²) in [6, 6.07) is 7.79. The van der Waals surface area contributed by atoms with Crippen molar-refractivity contribution in [3.63, 3.8) is 0 Å². The van der Waals surface area contributed by atoms with Crippen molar-refractivity contribution < 1.29 is 5.06 Å². The number of hydrogen-bond acceptors (Lipinski definition) is 2. The van der Waals surface area contributed by atoms with E-state index in [4.69, 9.17) is 0 Å². The van der Waals surface area contributed by atoms with E-state index in [9.17, 15) is 5.21 Å². The molecule has 1 unspecified atom stereocenters. The molecule has 3 heteroatoms. The van der Waals surface area contributed by atoms with Gasteiger partial charge in [0.05, 0.1) is 0 Å². The van der Waals surface area contributed by atoms with Crippen LogP contribution < -0.4 is 5.06 Å². The van der Waals surface area contributed by atoms with Gasteiger partial charge in [-0.05, 0) is 12.1 Å². The molecule has 0 aliphatic carbocycles. The first-order valence-corrected chi connectivity index (χ1v) is 4.46. The molecule has 1 N–H and O–H groups in total. The Hall–Kier alpha value is -1.71. The summed E-state index contributed by atoms with van der Waals surface area (Å²) in [6.07, 6.45) is 5.15. The average molecular weight is 184 g/mol. The number of nitrogens with zero attached hydrogens (tertiary/aromatic N) is 1. The summed E-state index contributed by atoms with van der Waals surface area (Å²) < 4.78 is 0. The molecule has 3 rings (SSSR count). The molecule has 68 valence electrons. The number of pyridine rings is 1. The molecular formula is C11H8N2O. The number of fused-ring (bicyclic) bond motifs is 3. The minimum atomic E-state index is 0.0595. The normalized spacial score (nSPS) is 18.8. The van der Waals surface area contributed by atoms with E-state index in [1.807, 2.05) is 30.3 Å². The molecule has 2 aromatic rings. The van der Waals surface area contributed by atoms with Crippen molar-refractivity contribution in [2.45, 2.75) is 0 Å². The lowest BCUT2D eigenvalue weighted by molar-refractivity contribution is -0.709. The summed E-state index contributed by atoms with van der Waals surface area (Å²) in [6.45, 7) is 0. The highest BCUT2D eigenvalue weighted by molar-refractivity contribution is 5.92. The summed E-state index contributed by atoms with van der Waals surface area (Å²) in [5.41, 5.74) is 2.52. The van der Waals surface area contributed by atoms with E-state index >= 15 is 0 Å². The predicted molar refractivity (Wildman–Crippen MR) is 54.8 cm³/mol. The molecule has 1 aliphatic rings. The zero-order chi connectivity index (χ0) is 9.54. The molecule has 0 amide bonds. The monoisotopic (exact) mass is 184 g/mol. The molecule has 2 heterocycles. The first-order chi connectivity index (χ1) is 6.86. The number of benzene rings is 1. The number of quaternary nitrogens is 1. The Morgan fingerprint density at radius 1 is 1.21 bits per heavy atom. The molecule has 0 saturated carbocycles. The summed E-state index contributed by atoms with van der Waals surface area (Å²) in [7, 11) is 0. The molecule has 0 spiro atoms. The second-order valence-electron chi connectivity index (χ2n) is 3.30. The van der Waals surface area contributed by atoms with E-state index < -0.39 is 0 Å². The lowest BCUT2D eigenvalue weighted by Crippen LogP contribution is -2.95. The third-order valence-electron chi connectivity index (χ3n) is 2.47. The second-order valence-corrected chi connectivity index (χ2v) is 3.30. The van der Waals surface area contributed by atoms with Crippen LogP contribution in [-0.4, -0.2) is 4.98 Å². The molecular weight excluding hydrogens is 176 g/mol. The van der Waals surface area contributed by atoms with Gasteiger partial charge in [-0.25, -0.2) is 4.98 Å². The summed E-state index contributed by atoms with van der Waals surface area (Å²) in [4.78, 5) is 4.24. The van der Waals surface area contributed by atoms with Gasteiger partial charge in [-0.15, -0.1) is 0 Å². The first-order valence-electron chi connectivity index (χ1n) is 4.46. The van der Waals surface area contributed by atoms with Crippen molar-refractivity contribution >= 4 is 22.7 Å². The Kier molecular flexibility index (Phi) is 1.45. The van der Waals surface area contributed by atoms with Crippen LogP contribution in [0.4, 0.5) is 5.69 Å². The molecule has 3 nitrogen and oxygen atoms in total. The van der Waals surface area contributed by atoms with Crippen LogP contribution in [0, 0.1) is 5.21 Å². The summed E-state index contributed by atoms with van der Waals surface area (Å²) in [5, 5.41) is 12.6. The molecule has 1 aliphatic heterocycles. The zero-order valence-corrected chi connectivity index (χ0v) is 7.40. The third-order valence-corrected chi connectivity index (χ3v) is 2.47. The lowest BCUT2D eigenvalue weighted by atomic mass is 10.1. The first kappa shape index (κ1) is 7.67. The van der Waals surface area contributed by atoms with Gasteiger partial charge in [0.25, 0.3) is 0 Å². The zero-order valence-electron chi connectivity index (χ0n) is 7.40. The third kappa shape index (κ3) is 0.907. The van der Waals surface area contributed by atoms with E-state index in [-0.39, 0.29) is 5.06 Å². The van der Waals surface area contributed by atoms with E-state index in [2.05, 4.69) is 4.98 Å². The Labute approximate surface area is 80.9 Å². The van der Waals surface area contributed by atoms with Crippen LogP contribution in [0.15, 0.2) is 36.7 Å². The van der Waals surface area contributed by atoms with Gasteiger partial charge in [0.15, 0.2) is 5.69 Å². The molecule has 0 radical (unpaired) electrons. The highest BCUT2D eigenvalue weighted by Crippen LogP contribution is 2.25. The Morgan fingerprint density at radius 2 is 2.14 bits per heavy atom. The number of hydrogen-bond donors (Lipinski definition) is 1. The maximum absolute atomic E-state index is 11.6. The van der Waals surface area contributed by atoms with Crippen molar-refractivity contribution in [2.75, 3.05) is 0 Å². The highest BCUT2D eigenvalue weighted by atomic mass is 16.5. The average Bonchev–Trinajstić information content (AvgIpc) is 2.61.